The van der Waals surface area contributed by atoms with E-state index in [1.165, 1.54) is 5.56 Å². The minimum Gasteiger partial charge on any atom is -0.297 e. The van der Waals surface area contributed by atoms with Crippen molar-refractivity contribution >= 4 is 5.78 Å². The lowest BCUT2D eigenvalue weighted by Crippen LogP contribution is -2.48. The first kappa shape index (κ1) is 13.9. The first-order chi connectivity index (χ1) is 7.82. The molecule has 94 valence electrons. The molecule has 0 radical (unpaired) electrons. The van der Waals surface area contributed by atoms with Crippen LogP contribution in [0, 0.1) is 13.8 Å². The molecule has 1 atom stereocenters. The van der Waals surface area contributed by atoms with Crippen LogP contribution in [0.3, 0.4) is 0 Å². The Balaban J connectivity index is 3.20. The Bertz CT molecular complexity index is 423. The van der Waals surface area contributed by atoms with E-state index in [1.54, 1.807) is 0 Å². The molecule has 0 spiro atoms. The number of carbonyl (C=O) groups excluding carboxylic acids is 1. The maximum atomic E-state index is 12.6. The highest BCUT2D eigenvalue weighted by Crippen LogP contribution is 2.24. The zero-order valence-corrected chi connectivity index (χ0v) is 11.8. The van der Waals surface area contributed by atoms with E-state index in [9.17, 15) is 4.79 Å². The minimum absolute atomic E-state index is 0.211. The monoisotopic (exact) mass is 233 g/mol. The maximum Gasteiger partial charge on any atom is 0.183 e. The summed E-state index contributed by atoms with van der Waals surface area (Å²) in [6.45, 7) is 8.12. The molecule has 0 aliphatic heterocycles. The number of carbonyl (C=O) groups is 1. The van der Waals surface area contributed by atoms with E-state index in [1.807, 2.05) is 51.9 Å². The van der Waals surface area contributed by atoms with Crippen LogP contribution in [0.1, 0.15) is 41.8 Å². The summed E-state index contributed by atoms with van der Waals surface area (Å²) >= 11 is 0. The average Bonchev–Trinajstić information content (AvgIpc) is 2.26. The van der Waals surface area contributed by atoms with Gasteiger partial charge in [-0.05, 0) is 46.9 Å². The van der Waals surface area contributed by atoms with Gasteiger partial charge in [0.2, 0.25) is 0 Å². The third-order valence-corrected chi connectivity index (χ3v) is 3.79. The molecule has 2 heteroatoms. The molecule has 2 nitrogen and oxygen atoms in total. The molecule has 0 aliphatic rings. The van der Waals surface area contributed by atoms with Crippen LogP contribution in [0.25, 0.3) is 0 Å². The van der Waals surface area contributed by atoms with E-state index in [2.05, 4.69) is 13.0 Å². The molecule has 0 N–H and O–H groups in total. The molecule has 17 heavy (non-hydrogen) atoms. The van der Waals surface area contributed by atoms with Crippen LogP contribution >= 0.6 is 0 Å². The number of Topliss-reactive ketones (excluding diaryl/α,β-unsaturated/α-hetero) is 1. The van der Waals surface area contributed by atoms with Crippen molar-refractivity contribution in [1.82, 2.24) is 4.90 Å². The summed E-state index contributed by atoms with van der Waals surface area (Å²) in [5.74, 6) is 0.211. The van der Waals surface area contributed by atoms with Crippen molar-refractivity contribution in [2.45, 2.75) is 39.7 Å². The fourth-order valence-electron chi connectivity index (χ4n) is 2.04. The van der Waals surface area contributed by atoms with Crippen LogP contribution in [0.5, 0.6) is 0 Å². The van der Waals surface area contributed by atoms with Crippen LogP contribution in [0.2, 0.25) is 0 Å². The lowest BCUT2D eigenvalue weighted by atomic mass is 9.85. The van der Waals surface area contributed by atoms with Crippen molar-refractivity contribution in [3.05, 3.63) is 34.9 Å². The van der Waals surface area contributed by atoms with Gasteiger partial charge in [0.15, 0.2) is 5.78 Å². The number of hydrogen-bond donors (Lipinski definition) is 0. The second-order valence-electron chi connectivity index (χ2n) is 5.17. The number of rotatable bonds is 4. The molecular weight excluding hydrogens is 210 g/mol. The van der Waals surface area contributed by atoms with E-state index in [0.717, 1.165) is 17.5 Å². The van der Waals surface area contributed by atoms with Crippen LogP contribution in [0.15, 0.2) is 18.2 Å². The molecule has 1 rings (SSSR count). The molecule has 0 bridgehead atoms. The Hall–Kier alpha value is -1.15. The Morgan fingerprint density at radius 3 is 2.29 bits per heavy atom. The second-order valence-corrected chi connectivity index (χ2v) is 5.17. The van der Waals surface area contributed by atoms with Gasteiger partial charge in [0, 0.05) is 5.56 Å². The van der Waals surface area contributed by atoms with Gasteiger partial charge in [0.25, 0.3) is 0 Å². The van der Waals surface area contributed by atoms with Crippen LogP contribution < -0.4 is 0 Å². The summed E-state index contributed by atoms with van der Waals surface area (Å²) in [7, 11) is 3.93. The number of hydrogen-bond acceptors (Lipinski definition) is 2. The Kier molecular flexibility index (Phi) is 4.10. The van der Waals surface area contributed by atoms with Gasteiger partial charge in [-0.1, -0.05) is 30.7 Å². The molecule has 0 aromatic heterocycles. The Morgan fingerprint density at radius 1 is 1.29 bits per heavy atom. The molecule has 0 saturated carbocycles. The Labute approximate surface area is 105 Å². The lowest BCUT2D eigenvalue weighted by Gasteiger charge is -2.34. The number of benzene rings is 1. The molecule has 0 fully saturated rings. The second kappa shape index (κ2) is 5.01. The highest BCUT2D eigenvalue weighted by atomic mass is 16.1. The molecule has 0 saturated heterocycles. The zero-order chi connectivity index (χ0) is 13.2. The third-order valence-electron chi connectivity index (χ3n) is 3.79. The quantitative estimate of drug-likeness (QED) is 0.744. The zero-order valence-electron chi connectivity index (χ0n) is 11.8. The third kappa shape index (κ3) is 2.58. The lowest BCUT2D eigenvalue weighted by molar-refractivity contribution is 0.0710. The Morgan fingerprint density at radius 2 is 1.88 bits per heavy atom. The normalized spacial score (nSPS) is 14.8. The fraction of sp³-hybridized carbons (Fsp3) is 0.533. The van der Waals surface area contributed by atoms with Gasteiger partial charge in [-0.2, -0.15) is 0 Å². The molecule has 0 heterocycles. The number of likely N-dealkylation sites (N-methyl/N-ethyl adjacent to an activating group) is 1. The predicted octanol–water partition coefficient (Wildman–Crippen LogP) is 3.22. The number of nitrogens with zero attached hydrogens (tertiary/aromatic N) is 1. The minimum atomic E-state index is -0.417. The van der Waals surface area contributed by atoms with Gasteiger partial charge in [-0.3, -0.25) is 9.69 Å². The van der Waals surface area contributed by atoms with Crippen LogP contribution in [-0.2, 0) is 0 Å². The summed E-state index contributed by atoms with van der Waals surface area (Å²) in [6.07, 6.45) is 0.812. The van der Waals surface area contributed by atoms with Crippen molar-refractivity contribution in [3.63, 3.8) is 0 Å². The first-order valence-electron chi connectivity index (χ1n) is 6.12. The highest BCUT2D eigenvalue weighted by Gasteiger charge is 2.34. The first-order valence-corrected chi connectivity index (χ1v) is 6.12. The van der Waals surface area contributed by atoms with Crippen LogP contribution in [0.4, 0.5) is 0 Å². The van der Waals surface area contributed by atoms with Crippen molar-refractivity contribution in [3.8, 4) is 0 Å². The summed E-state index contributed by atoms with van der Waals surface area (Å²) < 4.78 is 0. The van der Waals surface area contributed by atoms with E-state index < -0.39 is 5.54 Å². The fourth-order valence-corrected chi connectivity index (χ4v) is 2.04. The highest BCUT2D eigenvalue weighted by molar-refractivity contribution is 6.04. The maximum absolute atomic E-state index is 12.6. The topological polar surface area (TPSA) is 20.3 Å². The molecule has 1 aromatic rings. The SMILES string of the molecule is CCC(C)(C(=O)c1ccc(C)cc1C)N(C)C. The largest absolute Gasteiger partial charge is 0.297 e. The molecule has 1 aromatic carbocycles. The van der Waals surface area contributed by atoms with Crippen molar-refractivity contribution in [2.75, 3.05) is 14.1 Å². The van der Waals surface area contributed by atoms with Gasteiger partial charge < -0.3 is 0 Å². The van der Waals surface area contributed by atoms with Gasteiger partial charge in [0.05, 0.1) is 5.54 Å². The standard InChI is InChI=1S/C15H23NO/c1-7-15(4,16(5)6)14(17)13-9-8-11(2)10-12(13)3/h8-10H,7H2,1-6H3. The van der Waals surface area contributed by atoms with Gasteiger partial charge >= 0.3 is 0 Å². The van der Waals surface area contributed by atoms with E-state index in [4.69, 9.17) is 0 Å². The van der Waals surface area contributed by atoms with E-state index in [0.29, 0.717) is 0 Å². The molecule has 0 aliphatic carbocycles. The van der Waals surface area contributed by atoms with Crippen LogP contribution in [-0.4, -0.2) is 30.3 Å². The number of ketones is 1. The van der Waals surface area contributed by atoms with Crippen molar-refractivity contribution in [2.24, 2.45) is 0 Å². The summed E-state index contributed by atoms with van der Waals surface area (Å²) in [5.41, 5.74) is 2.69. The molecule has 1 unspecified atom stereocenters. The van der Waals surface area contributed by atoms with Crippen molar-refractivity contribution in [1.29, 1.82) is 0 Å². The molecular formula is C15H23NO. The molecule has 0 amide bonds. The number of aryl methyl sites for hydroxylation is 2. The smallest absolute Gasteiger partial charge is 0.183 e. The van der Waals surface area contributed by atoms with Gasteiger partial charge in [0.1, 0.15) is 0 Å². The summed E-state index contributed by atoms with van der Waals surface area (Å²) in [5, 5.41) is 0. The van der Waals surface area contributed by atoms with Crippen molar-refractivity contribution < 1.29 is 4.79 Å². The van der Waals surface area contributed by atoms with E-state index in [-0.39, 0.29) is 5.78 Å². The average molecular weight is 233 g/mol. The van der Waals surface area contributed by atoms with Gasteiger partial charge in [-0.25, -0.2) is 0 Å². The predicted molar refractivity (Wildman–Crippen MR) is 72.6 cm³/mol. The summed E-state index contributed by atoms with van der Waals surface area (Å²) in [6, 6.07) is 6.02. The summed E-state index contributed by atoms with van der Waals surface area (Å²) in [4.78, 5) is 14.6. The van der Waals surface area contributed by atoms with Gasteiger partial charge in [-0.15, -0.1) is 0 Å². The van der Waals surface area contributed by atoms with E-state index >= 15 is 0 Å².